The number of nitrogens with two attached hydrogens (primary N) is 1. The van der Waals surface area contributed by atoms with Crippen LogP contribution < -0.4 is 11.1 Å². The fraction of sp³-hybridized carbons (Fsp3) is 0.0385. The number of aliphatic imine (C=N–C) groups is 2. The van der Waals surface area contributed by atoms with E-state index in [2.05, 4.69) is 174 Å². The van der Waals surface area contributed by atoms with E-state index in [0.29, 0.717) is 11.7 Å². The Balaban J connectivity index is 1.24. The van der Waals surface area contributed by atoms with Crippen molar-refractivity contribution in [1.29, 1.82) is 0 Å². The van der Waals surface area contributed by atoms with Gasteiger partial charge in [0.05, 0.1) is 5.41 Å². The molecule has 0 saturated heterocycles. The molecule has 0 atom stereocenters. The zero-order valence-electron chi connectivity index (χ0n) is 31.1. The first-order chi connectivity index (χ1) is 27.6. The molecule has 1 aliphatic carbocycles. The van der Waals surface area contributed by atoms with Crippen molar-refractivity contribution in [2.45, 2.75) is 5.41 Å². The highest BCUT2D eigenvalue weighted by atomic mass is 15.0. The summed E-state index contributed by atoms with van der Waals surface area (Å²) in [4.78, 5) is 9.28. The van der Waals surface area contributed by atoms with Crippen molar-refractivity contribution in [3.8, 4) is 33.4 Å². The van der Waals surface area contributed by atoms with E-state index in [9.17, 15) is 0 Å². The van der Waals surface area contributed by atoms with Crippen LogP contribution in [0.15, 0.2) is 216 Å². The summed E-state index contributed by atoms with van der Waals surface area (Å²) in [5.41, 5.74) is 21.6. The molecule has 4 heteroatoms. The Morgan fingerprint density at radius 2 is 1.04 bits per heavy atom. The minimum atomic E-state index is -0.519. The monoisotopic (exact) mass is 720 g/mol. The lowest BCUT2D eigenvalue weighted by Gasteiger charge is -2.34. The maximum Gasteiger partial charge on any atom is 0.156 e. The predicted molar refractivity (Wildman–Crippen MR) is 234 cm³/mol. The number of nitrogens with one attached hydrogen (secondary N) is 1. The number of hydrogen-bond acceptors (Lipinski definition) is 2. The van der Waals surface area contributed by atoms with Gasteiger partial charge < -0.3 is 11.1 Å². The first-order valence-corrected chi connectivity index (χ1v) is 18.9. The van der Waals surface area contributed by atoms with Crippen molar-refractivity contribution in [1.82, 2.24) is 0 Å². The van der Waals surface area contributed by atoms with Gasteiger partial charge in [-0.1, -0.05) is 188 Å². The quantitative estimate of drug-likeness (QED) is 0.121. The molecule has 0 fully saturated rings. The van der Waals surface area contributed by atoms with Crippen LogP contribution in [-0.2, 0) is 5.41 Å². The predicted octanol–water partition coefficient (Wildman–Crippen LogP) is 11.9. The Labute approximate surface area is 328 Å². The molecule has 268 valence electrons. The van der Waals surface area contributed by atoms with Gasteiger partial charge >= 0.3 is 0 Å². The number of nitrogens with zero attached hydrogens (tertiary/aromatic N) is 2. The first-order valence-electron chi connectivity index (χ1n) is 18.9. The second kappa shape index (κ2) is 14.8. The zero-order valence-corrected chi connectivity index (χ0v) is 31.1. The Morgan fingerprint density at radius 3 is 1.70 bits per heavy atom. The molecule has 0 aromatic heterocycles. The summed E-state index contributed by atoms with van der Waals surface area (Å²) in [6.07, 6.45) is 0. The molecule has 0 bridgehead atoms. The van der Waals surface area contributed by atoms with Crippen LogP contribution in [0.1, 0.15) is 33.4 Å². The van der Waals surface area contributed by atoms with Crippen LogP contribution in [-0.4, -0.2) is 18.7 Å². The van der Waals surface area contributed by atoms with Gasteiger partial charge in [-0.05, 0) is 68.3 Å². The standard InChI is InChI=1S/C52H40N4/c1-54-51(56-50(53)39-19-8-3-9-20-39)40-21-16-26-43(35-40)55-47-34-33-46-49(48(47)38-31-29-37(30-32-38)36-17-6-2-7-18-36)44-27-14-15-28-45(44)52(46,41-22-10-4-11-23-41)42-24-12-5-13-25-42/h2-35,55H,1H3,(H2,53,54,56). The molecule has 0 saturated carbocycles. The minimum Gasteiger partial charge on any atom is -0.383 e. The molecular weight excluding hydrogens is 681 g/mol. The second-order valence-corrected chi connectivity index (χ2v) is 14.0. The summed E-state index contributed by atoms with van der Waals surface area (Å²) in [5, 5.41) is 3.85. The fourth-order valence-electron chi connectivity index (χ4n) is 8.32. The summed E-state index contributed by atoms with van der Waals surface area (Å²) < 4.78 is 0. The van der Waals surface area contributed by atoms with E-state index in [4.69, 9.17) is 10.7 Å². The smallest absolute Gasteiger partial charge is 0.156 e. The van der Waals surface area contributed by atoms with Crippen LogP contribution in [0.5, 0.6) is 0 Å². The number of fused-ring (bicyclic) bond motifs is 3. The maximum absolute atomic E-state index is 6.45. The zero-order chi connectivity index (χ0) is 37.9. The van der Waals surface area contributed by atoms with Gasteiger partial charge in [0.2, 0.25) is 0 Å². The summed E-state index contributed by atoms with van der Waals surface area (Å²) in [5.74, 6) is 0.980. The lowest BCUT2D eigenvalue weighted by atomic mass is 9.67. The van der Waals surface area contributed by atoms with Crippen LogP contribution in [0.2, 0.25) is 0 Å². The van der Waals surface area contributed by atoms with Crippen molar-refractivity contribution in [2.75, 3.05) is 12.4 Å². The average Bonchev–Trinajstić information content (AvgIpc) is 3.58. The Morgan fingerprint density at radius 1 is 0.482 bits per heavy atom. The van der Waals surface area contributed by atoms with Gasteiger partial charge in [-0.15, -0.1) is 0 Å². The number of rotatable bonds is 8. The van der Waals surface area contributed by atoms with E-state index in [-0.39, 0.29) is 0 Å². The van der Waals surface area contributed by atoms with Crippen LogP contribution in [0.4, 0.5) is 11.4 Å². The lowest BCUT2D eigenvalue weighted by Crippen LogP contribution is -2.28. The molecule has 1 aliphatic rings. The normalized spacial score (nSPS) is 13.2. The third kappa shape index (κ3) is 6.08. The number of anilines is 2. The number of amidine groups is 2. The molecule has 4 nitrogen and oxygen atoms in total. The number of benzene rings is 8. The number of hydrogen-bond donors (Lipinski definition) is 2. The van der Waals surface area contributed by atoms with E-state index in [1.54, 1.807) is 7.05 Å². The Bertz CT molecular complexity index is 2660. The molecule has 0 aliphatic heterocycles. The largest absolute Gasteiger partial charge is 0.383 e. The van der Waals surface area contributed by atoms with Gasteiger partial charge in [-0.3, -0.25) is 4.99 Å². The van der Waals surface area contributed by atoms with Crippen molar-refractivity contribution >= 4 is 23.0 Å². The summed E-state index contributed by atoms with van der Waals surface area (Å²) in [6.45, 7) is 0. The SMILES string of the molecule is C/N=C(\N=C(/N)c1ccccc1)c1cccc(Nc2ccc3c(c2-c2ccc(-c4ccccc4)cc2)-c2ccccc2C3(c2ccccc2)c2ccccc2)c1. The maximum atomic E-state index is 6.45. The van der Waals surface area contributed by atoms with Crippen LogP contribution >= 0.6 is 0 Å². The average molecular weight is 721 g/mol. The van der Waals surface area contributed by atoms with E-state index >= 15 is 0 Å². The summed E-state index contributed by atoms with van der Waals surface area (Å²) in [6, 6.07) is 72.9. The third-order valence-electron chi connectivity index (χ3n) is 10.8. The Kier molecular flexibility index (Phi) is 9.14. The van der Waals surface area contributed by atoms with Crippen LogP contribution in [0, 0.1) is 0 Å². The molecule has 9 rings (SSSR count). The van der Waals surface area contributed by atoms with Crippen molar-refractivity contribution < 1.29 is 0 Å². The molecular formula is C52H40N4. The summed E-state index contributed by atoms with van der Waals surface area (Å²) >= 11 is 0. The highest BCUT2D eigenvalue weighted by Crippen LogP contribution is 2.59. The van der Waals surface area contributed by atoms with E-state index in [1.807, 2.05) is 42.5 Å². The second-order valence-electron chi connectivity index (χ2n) is 14.0. The molecule has 3 N–H and O–H groups in total. The summed E-state index contributed by atoms with van der Waals surface area (Å²) in [7, 11) is 1.75. The van der Waals surface area contributed by atoms with Gasteiger partial charge in [0.25, 0.3) is 0 Å². The van der Waals surface area contributed by atoms with Crippen LogP contribution in [0.25, 0.3) is 33.4 Å². The van der Waals surface area contributed by atoms with Gasteiger partial charge in [-0.2, -0.15) is 0 Å². The van der Waals surface area contributed by atoms with Gasteiger partial charge in [0.1, 0.15) is 5.84 Å². The van der Waals surface area contributed by atoms with E-state index in [1.165, 1.54) is 44.5 Å². The van der Waals surface area contributed by atoms with E-state index < -0.39 is 5.41 Å². The van der Waals surface area contributed by atoms with Gasteiger partial charge in [-0.25, -0.2) is 4.99 Å². The third-order valence-corrected chi connectivity index (χ3v) is 10.8. The molecule has 0 unspecified atom stereocenters. The molecule has 8 aromatic carbocycles. The molecule has 0 amide bonds. The Hall–Kier alpha value is -7.30. The van der Waals surface area contributed by atoms with Crippen molar-refractivity contribution in [3.05, 3.63) is 240 Å². The molecule has 0 spiro atoms. The highest BCUT2D eigenvalue weighted by molar-refractivity contribution is 6.11. The van der Waals surface area contributed by atoms with Gasteiger partial charge in [0, 0.05) is 35.1 Å². The van der Waals surface area contributed by atoms with Gasteiger partial charge in [0.15, 0.2) is 5.84 Å². The van der Waals surface area contributed by atoms with Crippen molar-refractivity contribution in [2.24, 2.45) is 15.7 Å². The molecule has 0 heterocycles. The minimum absolute atomic E-state index is 0.420. The molecule has 0 radical (unpaired) electrons. The molecule has 8 aromatic rings. The lowest BCUT2D eigenvalue weighted by molar-refractivity contribution is 0.768. The van der Waals surface area contributed by atoms with Crippen molar-refractivity contribution in [3.63, 3.8) is 0 Å². The fourth-order valence-corrected chi connectivity index (χ4v) is 8.32. The first kappa shape index (κ1) is 34.5. The highest BCUT2D eigenvalue weighted by Gasteiger charge is 2.47. The van der Waals surface area contributed by atoms with E-state index in [0.717, 1.165) is 33.6 Å². The topological polar surface area (TPSA) is 62.8 Å². The van der Waals surface area contributed by atoms with Crippen LogP contribution in [0.3, 0.4) is 0 Å². The molecule has 56 heavy (non-hydrogen) atoms.